The van der Waals surface area contributed by atoms with Gasteiger partial charge in [0.15, 0.2) is 6.61 Å². The average molecular weight is 458 g/mol. The van der Waals surface area contributed by atoms with Crippen LogP contribution in [-0.2, 0) is 16.1 Å². The van der Waals surface area contributed by atoms with Crippen molar-refractivity contribution in [1.82, 2.24) is 10.2 Å². The summed E-state index contributed by atoms with van der Waals surface area (Å²) in [6, 6.07) is 11.1. The number of amides is 2. The molecule has 2 aromatic carbocycles. The molecule has 0 heterocycles. The van der Waals surface area contributed by atoms with Crippen LogP contribution >= 0.6 is 0 Å². The molecule has 2 amide bonds. The molecule has 0 unspecified atom stereocenters. The third-order valence-electron chi connectivity index (χ3n) is 5.25. The molecule has 2 aromatic rings. The van der Waals surface area contributed by atoms with Crippen molar-refractivity contribution in [2.24, 2.45) is 0 Å². The van der Waals surface area contributed by atoms with E-state index in [1.165, 1.54) is 30.2 Å². The highest BCUT2D eigenvalue weighted by molar-refractivity contribution is 5.88. The van der Waals surface area contributed by atoms with E-state index in [-0.39, 0.29) is 42.2 Å². The molecule has 1 N–H and O–H groups in total. The summed E-state index contributed by atoms with van der Waals surface area (Å²) in [6.07, 6.45) is 1.23. The predicted octanol–water partition coefficient (Wildman–Crippen LogP) is 3.62. The van der Waals surface area contributed by atoms with Gasteiger partial charge in [-0.15, -0.1) is 0 Å². The highest BCUT2D eigenvalue weighted by Crippen LogP contribution is 2.30. The predicted molar refractivity (Wildman–Crippen MR) is 124 cm³/mol. The van der Waals surface area contributed by atoms with Crippen LogP contribution in [0.2, 0.25) is 0 Å². The van der Waals surface area contributed by atoms with Gasteiger partial charge < -0.3 is 19.7 Å². The van der Waals surface area contributed by atoms with E-state index in [1.807, 2.05) is 45.0 Å². The molecule has 0 aliphatic rings. The first-order valence-electron chi connectivity index (χ1n) is 10.9. The van der Waals surface area contributed by atoms with Gasteiger partial charge in [-0.25, -0.2) is 0 Å². The van der Waals surface area contributed by atoms with E-state index in [0.29, 0.717) is 13.0 Å². The zero-order valence-corrected chi connectivity index (χ0v) is 19.5. The topological polar surface area (TPSA) is 111 Å². The number of benzene rings is 2. The van der Waals surface area contributed by atoms with Crippen LogP contribution in [0.15, 0.2) is 42.5 Å². The number of carbonyl (C=O) groups excluding carboxylic acids is 2. The number of nitro benzene ring substituents is 1. The number of aryl methyl sites for hydroxylation is 1. The van der Waals surface area contributed by atoms with Crippen LogP contribution in [-0.4, -0.2) is 47.9 Å². The molecule has 9 heteroatoms. The Balaban J connectivity index is 2.24. The summed E-state index contributed by atoms with van der Waals surface area (Å²) in [4.78, 5) is 38.1. The van der Waals surface area contributed by atoms with E-state index >= 15 is 0 Å². The lowest BCUT2D eigenvalue weighted by atomic mass is 10.1. The summed E-state index contributed by atoms with van der Waals surface area (Å²) in [5.41, 5.74) is 1.75. The van der Waals surface area contributed by atoms with E-state index < -0.39 is 11.0 Å². The highest BCUT2D eigenvalue weighted by Gasteiger charge is 2.29. The number of methoxy groups -OCH3 is 1. The van der Waals surface area contributed by atoms with Gasteiger partial charge in [0.2, 0.25) is 11.7 Å². The van der Waals surface area contributed by atoms with Crippen LogP contribution in [0.25, 0.3) is 0 Å². The Labute approximate surface area is 193 Å². The van der Waals surface area contributed by atoms with Crippen molar-refractivity contribution < 1.29 is 24.0 Å². The molecule has 0 bridgehead atoms. The SMILES string of the molecule is CCCNC(=O)[C@H](CC)N(Cc1ccccc1C)C(=O)COc1ccc([N+](=O)[O-])c(OC)c1. The fourth-order valence-electron chi connectivity index (χ4n) is 3.38. The molecule has 1 atom stereocenters. The standard InChI is InChI=1S/C24H31N3O6/c1-5-13-25-24(29)20(6-2)26(15-18-10-8-7-9-17(18)3)23(28)16-33-19-11-12-21(27(30)31)22(14-19)32-4/h7-12,14,20H,5-6,13,15-16H2,1-4H3,(H,25,29)/t20-/m0/s1. The van der Waals surface area contributed by atoms with Gasteiger partial charge in [0, 0.05) is 25.2 Å². The lowest BCUT2D eigenvalue weighted by Gasteiger charge is -2.31. The fraction of sp³-hybridized carbons (Fsp3) is 0.417. The van der Waals surface area contributed by atoms with Gasteiger partial charge in [0.1, 0.15) is 11.8 Å². The molecule has 0 spiro atoms. The van der Waals surface area contributed by atoms with Crippen LogP contribution in [0.5, 0.6) is 11.5 Å². The van der Waals surface area contributed by atoms with Gasteiger partial charge >= 0.3 is 5.69 Å². The van der Waals surface area contributed by atoms with Gasteiger partial charge in [-0.2, -0.15) is 0 Å². The monoisotopic (exact) mass is 457 g/mol. The molecule has 2 rings (SSSR count). The molecule has 0 saturated heterocycles. The maximum atomic E-state index is 13.2. The van der Waals surface area contributed by atoms with Crippen LogP contribution in [0.4, 0.5) is 5.69 Å². The number of rotatable bonds is 12. The zero-order chi connectivity index (χ0) is 24.4. The minimum atomic E-state index is -0.654. The lowest BCUT2D eigenvalue weighted by Crippen LogP contribution is -2.50. The van der Waals surface area contributed by atoms with E-state index in [9.17, 15) is 19.7 Å². The Hall–Kier alpha value is -3.62. The molecular formula is C24H31N3O6. The molecule has 0 aliphatic heterocycles. The number of ether oxygens (including phenoxy) is 2. The number of nitrogens with one attached hydrogen (secondary N) is 1. The van der Waals surface area contributed by atoms with Crippen molar-refractivity contribution >= 4 is 17.5 Å². The van der Waals surface area contributed by atoms with Crippen LogP contribution < -0.4 is 14.8 Å². The first-order chi connectivity index (χ1) is 15.8. The van der Waals surface area contributed by atoms with E-state index in [2.05, 4.69) is 5.32 Å². The summed E-state index contributed by atoms with van der Waals surface area (Å²) in [5.74, 6) is -0.287. The quantitative estimate of drug-likeness (QED) is 0.385. The Kier molecular flexibility index (Phi) is 9.65. The number of hydrogen-bond donors (Lipinski definition) is 1. The molecule has 0 fully saturated rings. The summed E-state index contributed by atoms with van der Waals surface area (Å²) < 4.78 is 10.7. The van der Waals surface area contributed by atoms with Crippen LogP contribution in [0.1, 0.15) is 37.8 Å². The molecule has 0 aromatic heterocycles. The van der Waals surface area contributed by atoms with Crippen molar-refractivity contribution in [3.05, 3.63) is 63.7 Å². The second-order valence-corrected chi connectivity index (χ2v) is 7.54. The first kappa shape index (κ1) is 25.6. The van der Waals surface area contributed by atoms with E-state index in [1.54, 1.807) is 0 Å². The fourth-order valence-corrected chi connectivity index (χ4v) is 3.38. The van der Waals surface area contributed by atoms with Gasteiger partial charge in [-0.1, -0.05) is 38.1 Å². The lowest BCUT2D eigenvalue weighted by molar-refractivity contribution is -0.385. The average Bonchev–Trinajstić information content (AvgIpc) is 2.81. The van der Waals surface area contributed by atoms with Crippen LogP contribution in [0.3, 0.4) is 0 Å². The van der Waals surface area contributed by atoms with Crippen molar-refractivity contribution in [1.29, 1.82) is 0 Å². The zero-order valence-electron chi connectivity index (χ0n) is 19.5. The summed E-state index contributed by atoms with van der Waals surface area (Å²) >= 11 is 0. The molecule has 0 radical (unpaired) electrons. The Morgan fingerprint density at radius 1 is 1.18 bits per heavy atom. The molecule has 9 nitrogen and oxygen atoms in total. The van der Waals surface area contributed by atoms with E-state index in [4.69, 9.17) is 9.47 Å². The highest BCUT2D eigenvalue weighted by atomic mass is 16.6. The van der Waals surface area contributed by atoms with Gasteiger partial charge in [0.05, 0.1) is 12.0 Å². The Bertz CT molecular complexity index is 978. The van der Waals surface area contributed by atoms with Crippen molar-refractivity contribution in [3.8, 4) is 11.5 Å². The second-order valence-electron chi connectivity index (χ2n) is 7.54. The normalized spacial score (nSPS) is 11.4. The summed E-state index contributed by atoms with van der Waals surface area (Å²) in [5, 5.41) is 14.0. The van der Waals surface area contributed by atoms with Crippen LogP contribution in [0, 0.1) is 17.0 Å². The Morgan fingerprint density at radius 2 is 1.91 bits per heavy atom. The number of nitro groups is 1. The molecular weight excluding hydrogens is 426 g/mol. The molecule has 178 valence electrons. The minimum absolute atomic E-state index is 0.0343. The van der Waals surface area contributed by atoms with E-state index in [0.717, 1.165) is 17.5 Å². The number of hydrogen-bond acceptors (Lipinski definition) is 6. The van der Waals surface area contributed by atoms with Gasteiger partial charge in [0.25, 0.3) is 5.91 Å². The maximum Gasteiger partial charge on any atom is 0.311 e. The first-order valence-corrected chi connectivity index (χ1v) is 10.9. The Morgan fingerprint density at radius 3 is 2.52 bits per heavy atom. The number of nitrogens with zero attached hydrogens (tertiary/aromatic N) is 2. The van der Waals surface area contributed by atoms with Crippen molar-refractivity contribution in [3.63, 3.8) is 0 Å². The smallest absolute Gasteiger partial charge is 0.311 e. The van der Waals surface area contributed by atoms with Gasteiger partial charge in [-0.05, 0) is 37.0 Å². The molecule has 0 saturated carbocycles. The molecule has 0 aliphatic carbocycles. The van der Waals surface area contributed by atoms with Gasteiger partial charge in [-0.3, -0.25) is 19.7 Å². The summed E-state index contributed by atoms with van der Waals surface area (Å²) in [6.45, 7) is 6.23. The van der Waals surface area contributed by atoms with Crippen molar-refractivity contribution in [2.45, 2.75) is 46.2 Å². The number of carbonyl (C=O) groups is 2. The largest absolute Gasteiger partial charge is 0.490 e. The third-order valence-corrected chi connectivity index (χ3v) is 5.25. The molecule has 33 heavy (non-hydrogen) atoms. The maximum absolute atomic E-state index is 13.2. The third kappa shape index (κ3) is 6.93. The second kappa shape index (κ2) is 12.4. The summed E-state index contributed by atoms with van der Waals surface area (Å²) in [7, 11) is 1.32. The van der Waals surface area contributed by atoms with Crippen molar-refractivity contribution in [2.75, 3.05) is 20.3 Å². The minimum Gasteiger partial charge on any atom is -0.490 e.